The summed E-state index contributed by atoms with van der Waals surface area (Å²) in [5, 5.41) is 0. The summed E-state index contributed by atoms with van der Waals surface area (Å²) in [5.41, 5.74) is 0. The highest BCUT2D eigenvalue weighted by atomic mass is 16.7. The van der Waals surface area contributed by atoms with E-state index in [0.717, 1.165) is 32.2 Å². The van der Waals surface area contributed by atoms with E-state index in [4.69, 9.17) is 9.47 Å². The Labute approximate surface area is 80.4 Å². The van der Waals surface area contributed by atoms with Gasteiger partial charge in [0, 0.05) is 20.1 Å². The maximum absolute atomic E-state index is 9.98. The first-order valence-corrected chi connectivity index (χ1v) is 4.92. The monoisotopic (exact) mass is 188 g/mol. The molecule has 0 atom stereocenters. The first kappa shape index (κ1) is 12.6. The maximum atomic E-state index is 9.98. The van der Waals surface area contributed by atoms with Crippen LogP contribution in [0.5, 0.6) is 0 Å². The highest BCUT2D eigenvalue weighted by molar-refractivity contribution is 5.48. The molecule has 0 fully saturated rings. The minimum Gasteiger partial charge on any atom is -0.359 e. The van der Waals surface area contributed by atoms with Crippen molar-refractivity contribution in [3.63, 3.8) is 0 Å². The van der Waals surface area contributed by atoms with E-state index in [0.29, 0.717) is 13.2 Å². The van der Waals surface area contributed by atoms with Gasteiger partial charge in [-0.25, -0.2) is 0 Å². The number of hydrogen-bond acceptors (Lipinski definition) is 3. The first-order valence-electron chi connectivity index (χ1n) is 4.92. The summed E-state index contributed by atoms with van der Waals surface area (Å²) in [6.45, 7) is 1.17. The lowest BCUT2D eigenvalue weighted by atomic mass is 10.1. The number of aldehydes is 1. The van der Waals surface area contributed by atoms with E-state index in [1.807, 2.05) is 0 Å². The zero-order valence-corrected chi connectivity index (χ0v) is 8.46. The van der Waals surface area contributed by atoms with Crippen molar-refractivity contribution < 1.29 is 14.3 Å². The van der Waals surface area contributed by atoms with Crippen molar-refractivity contribution in [1.82, 2.24) is 0 Å². The molecule has 0 unspecified atom stereocenters. The van der Waals surface area contributed by atoms with Crippen molar-refractivity contribution >= 4 is 6.29 Å². The number of unbranched alkanes of at least 4 members (excludes halogenated alkanes) is 5. The minimum atomic E-state index is 0.394. The van der Waals surface area contributed by atoms with Gasteiger partial charge in [0.05, 0.1) is 0 Å². The standard InChI is InChI=1S/C10H20O3/c1-12-10-13-9-7-5-3-2-4-6-8-11/h8H,2-7,9-10H2,1H3. The van der Waals surface area contributed by atoms with Gasteiger partial charge >= 0.3 is 0 Å². The highest BCUT2D eigenvalue weighted by Gasteiger charge is 1.90. The number of carbonyl (C=O) groups is 1. The molecule has 3 heteroatoms. The van der Waals surface area contributed by atoms with Crippen LogP contribution in [0.2, 0.25) is 0 Å². The zero-order valence-electron chi connectivity index (χ0n) is 8.46. The van der Waals surface area contributed by atoms with Crippen LogP contribution in [-0.4, -0.2) is 26.8 Å². The predicted octanol–water partition coefficient (Wildman–Crippen LogP) is 2.15. The number of carbonyl (C=O) groups excluding carboxylic acids is 1. The summed E-state index contributed by atoms with van der Waals surface area (Å²) in [5.74, 6) is 0. The summed E-state index contributed by atoms with van der Waals surface area (Å²) < 4.78 is 9.87. The molecule has 0 heterocycles. The number of hydrogen-bond donors (Lipinski definition) is 0. The van der Waals surface area contributed by atoms with Crippen LogP contribution in [0, 0.1) is 0 Å². The molecule has 0 saturated carbocycles. The molecule has 0 aliphatic carbocycles. The summed E-state index contributed by atoms with van der Waals surface area (Å²) in [6.07, 6.45) is 7.35. The first-order chi connectivity index (χ1) is 6.41. The van der Waals surface area contributed by atoms with E-state index in [1.54, 1.807) is 7.11 Å². The second-order valence-corrected chi connectivity index (χ2v) is 3.04. The van der Waals surface area contributed by atoms with Crippen molar-refractivity contribution in [2.75, 3.05) is 20.5 Å². The fraction of sp³-hybridized carbons (Fsp3) is 0.900. The Kier molecular flexibility index (Phi) is 11.2. The average molecular weight is 188 g/mol. The van der Waals surface area contributed by atoms with Gasteiger partial charge in [-0.3, -0.25) is 0 Å². The molecule has 0 aromatic rings. The van der Waals surface area contributed by atoms with Crippen LogP contribution in [0.3, 0.4) is 0 Å². The number of ether oxygens (including phenoxy) is 2. The normalized spacial score (nSPS) is 10.2. The fourth-order valence-corrected chi connectivity index (χ4v) is 1.10. The smallest absolute Gasteiger partial charge is 0.146 e. The lowest BCUT2D eigenvalue weighted by Gasteiger charge is -2.01. The van der Waals surface area contributed by atoms with Gasteiger partial charge in [-0.2, -0.15) is 0 Å². The molecule has 0 aromatic heterocycles. The Morgan fingerprint density at radius 2 is 1.77 bits per heavy atom. The van der Waals surface area contributed by atoms with Crippen LogP contribution >= 0.6 is 0 Å². The minimum absolute atomic E-state index is 0.394. The Morgan fingerprint density at radius 1 is 1.08 bits per heavy atom. The van der Waals surface area contributed by atoms with E-state index in [9.17, 15) is 4.79 Å². The molecule has 0 aliphatic rings. The third kappa shape index (κ3) is 11.6. The van der Waals surface area contributed by atoms with Gasteiger partial charge < -0.3 is 14.3 Å². The van der Waals surface area contributed by atoms with Crippen molar-refractivity contribution in [3.8, 4) is 0 Å². The van der Waals surface area contributed by atoms with E-state index in [2.05, 4.69) is 0 Å². The topological polar surface area (TPSA) is 35.5 Å². The molecule has 0 amide bonds. The summed E-state index contributed by atoms with van der Waals surface area (Å²) in [7, 11) is 1.62. The third-order valence-electron chi connectivity index (χ3n) is 1.81. The molecule has 3 nitrogen and oxygen atoms in total. The molecular weight excluding hydrogens is 168 g/mol. The number of rotatable bonds is 10. The Balaban J connectivity index is 2.79. The van der Waals surface area contributed by atoms with Crippen LogP contribution in [0.15, 0.2) is 0 Å². The summed E-state index contributed by atoms with van der Waals surface area (Å²) >= 11 is 0. The van der Waals surface area contributed by atoms with Gasteiger partial charge in [0.15, 0.2) is 0 Å². The van der Waals surface area contributed by atoms with Gasteiger partial charge in [-0.15, -0.1) is 0 Å². The second-order valence-electron chi connectivity index (χ2n) is 3.04. The quantitative estimate of drug-likeness (QED) is 0.299. The largest absolute Gasteiger partial charge is 0.359 e. The molecule has 0 radical (unpaired) electrons. The van der Waals surface area contributed by atoms with Crippen molar-refractivity contribution in [3.05, 3.63) is 0 Å². The van der Waals surface area contributed by atoms with Gasteiger partial charge in [-0.1, -0.05) is 19.3 Å². The zero-order chi connectivity index (χ0) is 9.78. The molecular formula is C10H20O3. The average Bonchev–Trinajstić information content (AvgIpc) is 2.16. The molecule has 0 bridgehead atoms. The van der Waals surface area contributed by atoms with Gasteiger partial charge in [0.1, 0.15) is 13.1 Å². The van der Waals surface area contributed by atoms with Crippen LogP contribution in [-0.2, 0) is 14.3 Å². The summed E-state index contributed by atoms with van der Waals surface area (Å²) in [4.78, 5) is 9.98. The molecule has 0 rings (SSSR count). The van der Waals surface area contributed by atoms with Gasteiger partial charge in [-0.05, 0) is 12.8 Å². The van der Waals surface area contributed by atoms with Crippen LogP contribution in [0.1, 0.15) is 38.5 Å². The SMILES string of the molecule is COCOCCCCCCCC=O. The van der Waals surface area contributed by atoms with Gasteiger partial charge in [0.2, 0.25) is 0 Å². The molecule has 13 heavy (non-hydrogen) atoms. The highest BCUT2D eigenvalue weighted by Crippen LogP contribution is 2.04. The Bertz CT molecular complexity index is 104. The fourth-order valence-electron chi connectivity index (χ4n) is 1.10. The molecule has 78 valence electrons. The van der Waals surface area contributed by atoms with E-state index >= 15 is 0 Å². The molecule has 0 spiro atoms. The second kappa shape index (κ2) is 11.6. The van der Waals surface area contributed by atoms with Crippen LogP contribution in [0.25, 0.3) is 0 Å². The van der Waals surface area contributed by atoms with Crippen molar-refractivity contribution in [2.45, 2.75) is 38.5 Å². The number of methoxy groups -OCH3 is 1. The van der Waals surface area contributed by atoms with Crippen LogP contribution < -0.4 is 0 Å². The third-order valence-corrected chi connectivity index (χ3v) is 1.81. The Morgan fingerprint density at radius 3 is 2.46 bits per heavy atom. The van der Waals surface area contributed by atoms with E-state index in [-0.39, 0.29) is 0 Å². The molecule has 0 aromatic carbocycles. The Hall–Kier alpha value is -0.410. The summed E-state index contributed by atoms with van der Waals surface area (Å²) in [6, 6.07) is 0. The molecule has 0 saturated heterocycles. The van der Waals surface area contributed by atoms with Gasteiger partial charge in [0.25, 0.3) is 0 Å². The van der Waals surface area contributed by atoms with Crippen molar-refractivity contribution in [2.24, 2.45) is 0 Å². The predicted molar refractivity (Wildman–Crippen MR) is 51.6 cm³/mol. The van der Waals surface area contributed by atoms with E-state index < -0.39 is 0 Å². The lowest BCUT2D eigenvalue weighted by Crippen LogP contribution is -1.98. The van der Waals surface area contributed by atoms with Crippen LogP contribution in [0.4, 0.5) is 0 Å². The lowest BCUT2D eigenvalue weighted by molar-refractivity contribution is -0.107. The van der Waals surface area contributed by atoms with E-state index in [1.165, 1.54) is 12.8 Å². The van der Waals surface area contributed by atoms with Crippen molar-refractivity contribution in [1.29, 1.82) is 0 Å². The molecule has 0 aliphatic heterocycles. The molecule has 0 N–H and O–H groups in total. The maximum Gasteiger partial charge on any atom is 0.146 e.